The van der Waals surface area contributed by atoms with Crippen molar-refractivity contribution in [2.24, 2.45) is 0 Å². The molecule has 0 atom stereocenters. The maximum Gasteiger partial charge on any atom is 0.222 e. The van der Waals surface area contributed by atoms with Crippen LogP contribution in [0.15, 0.2) is 36.5 Å². The minimum absolute atomic E-state index is 0.298. The molecule has 3 aromatic rings. The summed E-state index contributed by atoms with van der Waals surface area (Å²) in [5, 5.41) is 5.05. The Bertz CT molecular complexity index is 888. The van der Waals surface area contributed by atoms with Gasteiger partial charge in [-0.05, 0) is 42.7 Å². The average molecular weight is 354 g/mol. The van der Waals surface area contributed by atoms with E-state index in [1.807, 2.05) is 18.2 Å². The van der Waals surface area contributed by atoms with E-state index in [0.29, 0.717) is 17.1 Å². The van der Waals surface area contributed by atoms with Crippen LogP contribution in [-0.2, 0) is 0 Å². The first-order chi connectivity index (χ1) is 12.2. The molecule has 128 valence electrons. The molecule has 0 spiro atoms. The van der Waals surface area contributed by atoms with Crippen molar-refractivity contribution in [2.75, 3.05) is 11.1 Å². The van der Waals surface area contributed by atoms with Crippen molar-refractivity contribution in [2.45, 2.75) is 38.1 Å². The van der Waals surface area contributed by atoms with Gasteiger partial charge in [-0.2, -0.15) is 4.98 Å². The van der Waals surface area contributed by atoms with Gasteiger partial charge >= 0.3 is 0 Å². The first kappa shape index (κ1) is 16.1. The minimum Gasteiger partial charge on any atom is -0.368 e. The smallest absolute Gasteiger partial charge is 0.222 e. The van der Waals surface area contributed by atoms with E-state index >= 15 is 0 Å². The molecule has 2 aromatic heterocycles. The van der Waals surface area contributed by atoms with E-state index in [1.54, 1.807) is 12.3 Å². The SMILES string of the molecule is Nc1nc(NC2CCCCC2)c2cc(-c3ccc(Cl)nc3)ccc2n1. The molecule has 1 aliphatic carbocycles. The lowest BCUT2D eigenvalue weighted by molar-refractivity contribution is 0.462. The van der Waals surface area contributed by atoms with Crippen LogP contribution in [-0.4, -0.2) is 21.0 Å². The molecule has 0 amide bonds. The first-order valence-corrected chi connectivity index (χ1v) is 9.02. The zero-order valence-electron chi connectivity index (χ0n) is 13.9. The van der Waals surface area contributed by atoms with E-state index in [9.17, 15) is 0 Å². The van der Waals surface area contributed by atoms with Crippen molar-refractivity contribution >= 4 is 34.3 Å². The molecule has 1 fully saturated rings. The number of nitrogen functional groups attached to an aromatic ring is 1. The van der Waals surface area contributed by atoms with E-state index in [2.05, 4.69) is 26.3 Å². The van der Waals surface area contributed by atoms with Crippen molar-refractivity contribution < 1.29 is 0 Å². The maximum absolute atomic E-state index is 5.91. The average Bonchev–Trinajstić information content (AvgIpc) is 2.63. The van der Waals surface area contributed by atoms with Crippen LogP contribution in [0.4, 0.5) is 11.8 Å². The van der Waals surface area contributed by atoms with Crippen LogP contribution in [0.1, 0.15) is 32.1 Å². The topological polar surface area (TPSA) is 76.7 Å². The molecule has 0 radical (unpaired) electrons. The standard InChI is InChI=1S/C19H20ClN5/c20-17-9-7-13(11-22-17)12-6-8-16-15(10-12)18(25-19(21)24-16)23-14-4-2-1-3-5-14/h6-11,14H,1-5H2,(H3,21,23,24,25). The second-order valence-corrected chi connectivity index (χ2v) is 6.90. The van der Waals surface area contributed by atoms with Crippen LogP contribution < -0.4 is 11.1 Å². The molecule has 1 aromatic carbocycles. The fourth-order valence-corrected chi connectivity index (χ4v) is 3.53. The molecule has 2 heterocycles. The summed E-state index contributed by atoms with van der Waals surface area (Å²) in [5.41, 5.74) is 8.81. The predicted molar refractivity (Wildman–Crippen MR) is 103 cm³/mol. The predicted octanol–water partition coefficient (Wildman–Crippen LogP) is 4.67. The lowest BCUT2D eigenvalue weighted by Gasteiger charge is -2.24. The van der Waals surface area contributed by atoms with Gasteiger partial charge in [-0.15, -0.1) is 0 Å². The molecular formula is C19H20ClN5. The Balaban J connectivity index is 1.75. The highest BCUT2D eigenvalue weighted by Crippen LogP contribution is 2.30. The quantitative estimate of drug-likeness (QED) is 0.669. The highest BCUT2D eigenvalue weighted by Gasteiger charge is 2.16. The van der Waals surface area contributed by atoms with Gasteiger partial charge in [0.25, 0.3) is 0 Å². The van der Waals surface area contributed by atoms with Crippen molar-refractivity contribution in [3.8, 4) is 11.1 Å². The third-order valence-corrected chi connectivity index (χ3v) is 4.94. The molecule has 25 heavy (non-hydrogen) atoms. The Morgan fingerprint density at radius 2 is 1.80 bits per heavy atom. The largest absolute Gasteiger partial charge is 0.368 e. The third-order valence-electron chi connectivity index (χ3n) is 4.72. The number of nitrogens with two attached hydrogens (primary N) is 1. The van der Waals surface area contributed by atoms with Gasteiger partial charge in [0.05, 0.1) is 5.52 Å². The number of fused-ring (bicyclic) bond motifs is 1. The number of hydrogen-bond donors (Lipinski definition) is 2. The van der Waals surface area contributed by atoms with Crippen molar-refractivity contribution in [3.63, 3.8) is 0 Å². The van der Waals surface area contributed by atoms with E-state index in [-0.39, 0.29) is 0 Å². The first-order valence-electron chi connectivity index (χ1n) is 8.65. The maximum atomic E-state index is 5.91. The summed E-state index contributed by atoms with van der Waals surface area (Å²) in [6.45, 7) is 0. The highest BCUT2D eigenvalue weighted by molar-refractivity contribution is 6.29. The van der Waals surface area contributed by atoms with Gasteiger partial charge in [0.1, 0.15) is 11.0 Å². The van der Waals surface area contributed by atoms with Gasteiger partial charge in [-0.1, -0.05) is 36.9 Å². The van der Waals surface area contributed by atoms with Gasteiger partial charge in [-0.3, -0.25) is 0 Å². The summed E-state index contributed by atoms with van der Waals surface area (Å²) in [6, 6.07) is 10.3. The van der Waals surface area contributed by atoms with Gasteiger partial charge in [0.15, 0.2) is 0 Å². The molecule has 0 bridgehead atoms. The van der Waals surface area contributed by atoms with Crippen molar-refractivity contribution in [1.29, 1.82) is 0 Å². The van der Waals surface area contributed by atoms with Crippen LogP contribution in [0.3, 0.4) is 0 Å². The van der Waals surface area contributed by atoms with Crippen molar-refractivity contribution in [1.82, 2.24) is 15.0 Å². The van der Waals surface area contributed by atoms with Crippen LogP contribution in [0.5, 0.6) is 0 Å². The lowest BCUT2D eigenvalue weighted by Crippen LogP contribution is -2.23. The number of nitrogens with one attached hydrogen (secondary N) is 1. The molecule has 6 heteroatoms. The van der Waals surface area contributed by atoms with Gasteiger partial charge in [0, 0.05) is 23.2 Å². The molecule has 0 saturated heterocycles. The summed E-state index contributed by atoms with van der Waals surface area (Å²) in [4.78, 5) is 13.0. The normalized spacial score (nSPS) is 15.4. The molecule has 1 saturated carbocycles. The molecule has 3 N–H and O–H groups in total. The molecule has 1 aliphatic rings. The van der Waals surface area contributed by atoms with Crippen LogP contribution in [0, 0.1) is 0 Å². The molecule has 4 rings (SSSR count). The monoisotopic (exact) mass is 353 g/mol. The fraction of sp³-hybridized carbons (Fsp3) is 0.316. The second-order valence-electron chi connectivity index (χ2n) is 6.51. The Morgan fingerprint density at radius 3 is 2.56 bits per heavy atom. The van der Waals surface area contributed by atoms with Gasteiger partial charge < -0.3 is 11.1 Å². The molecule has 0 unspecified atom stereocenters. The summed E-state index contributed by atoms with van der Waals surface area (Å²) in [7, 11) is 0. The molecular weight excluding hydrogens is 334 g/mol. The Morgan fingerprint density at radius 1 is 1.00 bits per heavy atom. The number of nitrogens with zero attached hydrogens (tertiary/aromatic N) is 3. The highest BCUT2D eigenvalue weighted by atomic mass is 35.5. The summed E-state index contributed by atoms with van der Waals surface area (Å²) >= 11 is 5.89. The van der Waals surface area contributed by atoms with Crippen LogP contribution in [0.2, 0.25) is 5.15 Å². The van der Waals surface area contributed by atoms with Crippen molar-refractivity contribution in [3.05, 3.63) is 41.7 Å². The molecule has 0 aliphatic heterocycles. The number of aromatic nitrogens is 3. The second kappa shape index (κ2) is 6.84. The Hall–Kier alpha value is -2.40. The summed E-state index contributed by atoms with van der Waals surface area (Å²) < 4.78 is 0. The third kappa shape index (κ3) is 3.51. The zero-order valence-corrected chi connectivity index (χ0v) is 14.6. The van der Waals surface area contributed by atoms with E-state index < -0.39 is 0 Å². The molecule has 5 nitrogen and oxygen atoms in total. The number of pyridine rings is 1. The Labute approximate surface area is 151 Å². The number of hydrogen-bond acceptors (Lipinski definition) is 5. The van der Waals surface area contributed by atoms with E-state index in [0.717, 1.165) is 27.8 Å². The zero-order chi connectivity index (χ0) is 17.2. The Kier molecular flexibility index (Phi) is 4.40. The number of rotatable bonds is 3. The summed E-state index contributed by atoms with van der Waals surface area (Å²) in [6.07, 6.45) is 7.96. The fourth-order valence-electron chi connectivity index (χ4n) is 3.42. The van der Waals surface area contributed by atoms with Gasteiger partial charge in [0.2, 0.25) is 5.95 Å². The van der Waals surface area contributed by atoms with E-state index in [1.165, 1.54) is 32.1 Å². The minimum atomic E-state index is 0.298. The number of anilines is 2. The number of benzene rings is 1. The van der Waals surface area contributed by atoms with Crippen LogP contribution in [0.25, 0.3) is 22.0 Å². The lowest BCUT2D eigenvalue weighted by atomic mass is 9.95. The van der Waals surface area contributed by atoms with E-state index in [4.69, 9.17) is 17.3 Å². The van der Waals surface area contributed by atoms with Gasteiger partial charge in [-0.25, -0.2) is 9.97 Å². The summed E-state index contributed by atoms with van der Waals surface area (Å²) in [5.74, 6) is 1.12. The van der Waals surface area contributed by atoms with Crippen LogP contribution >= 0.6 is 11.6 Å². The number of halogens is 1.